The number of benzene rings is 4. The fourth-order valence-corrected chi connectivity index (χ4v) is 9.15. The first kappa shape index (κ1) is 43.3. The summed E-state index contributed by atoms with van der Waals surface area (Å²) in [5, 5.41) is 11.8. The summed E-state index contributed by atoms with van der Waals surface area (Å²) in [5.41, 5.74) is 2.02. The lowest BCUT2D eigenvalue weighted by atomic mass is 9.84. The van der Waals surface area contributed by atoms with Gasteiger partial charge in [0, 0.05) is 42.4 Å². The molecule has 1 aliphatic rings. The Morgan fingerprint density at radius 3 is 2.14 bits per heavy atom. The lowest BCUT2D eigenvalue weighted by Crippen LogP contribution is -2.46. The minimum Gasteiger partial charge on any atom is -0.497 e. The molecule has 310 valence electrons. The van der Waals surface area contributed by atoms with E-state index in [9.17, 15) is 24.5 Å². The summed E-state index contributed by atoms with van der Waals surface area (Å²) in [6.45, 7) is 11.7. The number of hydrogen-bond donors (Lipinski definition) is 1. The number of nitro groups is 1. The Labute approximate surface area is 348 Å². The number of rotatable bonds is 15. The Hall–Kier alpha value is -5.32. The van der Waals surface area contributed by atoms with E-state index in [4.69, 9.17) is 22.8 Å². The molecule has 1 saturated heterocycles. The van der Waals surface area contributed by atoms with E-state index in [1.807, 2.05) is 84.9 Å². The van der Waals surface area contributed by atoms with Gasteiger partial charge in [-0.15, -0.1) is 0 Å². The highest BCUT2D eigenvalue weighted by Crippen LogP contribution is 2.49. The largest absolute Gasteiger partial charge is 0.497 e. The Kier molecular flexibility index (Phi) is 13.1. The van der Waals surface area contributed by atoms with Crippen molar-refractivity contribution in [1.29, 1.82) is 0 Å². The van der Waals surface area contributed by atoms with E-state index in [1.54, 1.807) is 14.0 Å². The Morgan fingerprint density at radius 1 is 0.949 bits per heavy atom. The molecule has 0 aliphatic carbocycles. The zero-order valence-corrected chi connectivity index (χ0v) is 35.9. The molecule has 1 aromatic heterocycles. The fourth-order valence-electron chi connectivity index (χ4n) is 6.73. The van der Waals surface area contributed by atoms with Gasteiger partial charge in [-0.25, -0.2) is 9.59 Å². The number of aromatic amines is 1. The van der Waals surface area contributed by atoms with Crippen LogP contribution in [0.4, 0.5) is 5.69 Å². The maximum absolute atomic E-state index is 14.0. The molecule has 5 aromatic rings. The van der Waals surface area contributed by atoms with Crippen LogP contribution < -0.4 is 16.0 Å². The molecular weight excluding hydrogens is 791 g/mol. The molecule has 1 N–H and O–H groups in total. The van der Waals surface area contributed by atoms with E-state index in [0.717, 1.165) is 16.7 Å². The van der Waals surface area contributed by atoms with Crippen LogP contribution in [0.5, 0.6) is 5.75 Å². The standard InChI is InChI=1S/C44H49N3O10SSi/c1-29-26-46(42(50)45-40(29)48)39-25-37(57-59(6,7)43(2,3)4)38(56-39)28-54-41(49)36-24-34(47(51)52)21-18-30(36)27-55-58-44(31-14-10-8-11-15-31,32-16-12-9-13-17-32)33-19-22-35(53-5)23-20-33/h8-24,26,37-39H,25,27-28H2,1-7H3,(H,45,48,50)/t37-,38+,39+/m0/s1. The van der Waals surface area contributed by atoms with Crippen LogP contribution in [0.25, 0.3) is 0 Å². The van der Waals surface area contributed by atoms with Gasteiger partial charge in [-0.3, -0.25) is 24.5 Å². The van der Waals surface area contributed by atoms with E-state index in [0.29, 0.717) is 16.9 Å². The van der Waals surface area contributed by atoms with Crippen molar-refractivity contribution in [3.05, 3.63) is 174 Å². The molecule has 3 atom stereocenters. The van der Waals surface area contributed by atoms with Crippen LogP contribution in [0.1, 0.15) is 71.6 Å². The highest BCUT2D eigenvalue weighted by atomic mass is 32.2. The summed E-state index contributed by atoms with van der Waals surface area (Å²) in [5.74, 6) is -0.124. The number of nitro benzene ring substituents is 1. The van der Waals surface area contributed by atoms with Gasteiger partial charge in [-0.1, -0.05) is 93.6 Å². The van der Waals surface area contributed by atoms with Gasteiger partial charge in [0.05, 0.1) is 30.3 Å². The van der Waals surface area contributed by atoms with Crippen molar-refractivity contribution in [2.75, 3.05) is 13.7 Å². The van der Waals surface area contributed by atoms with Crippen LogP contribution >= 0.6 is 12.0 Å². The normalized spacial score (nSPS) is 17.1. The molecule has 0 amide bonds. The lowest BCUT2D eigenvalue weighted by Gasteiger charge is -2.39. The van der Waals surface area contributed by atoms with Gasteiger partial charge in [0.1, 0.15) is 29.4 Å². The van der Waals surface area contributed by atoms with Gasteiger partial charge in [-0.2, -0.15) is 0 Å². The maximum Gasteiger partial charge on any atom is 0.338 e. The van der Waals surface area contributed by atoms with Crippen LogP contribution in [-0.2, 0) is 29.4 Å². The SMILES string of the molecule is COc1ccc(C(SOCc2ccc([N+](=O)[O-])cc2C(=O)OC[C@H]2O[C@@H](n3cc(C)c(=O)[nH]c3=O)C[C@@H]2O[Si](C)(C)C(C)(C)C)(c2ccccc2)c2ccccc2)cc1. The molecule has 15 heteroatoms. The predicted molar refractivity (Wildman–Crippen MR) is 228 cm³/mol. The van der Waals surface area contributed by atoms with Crippen molar-refractivity contribution < 1.29 is 32.5 Å². The average molecular weight is 840 g/mol. The van der Waals surface area contributed by atoms with E-state index >= 15 is 0 Å². The van der Waals surface area contributed by atoms with Crippen molar-refractivity contribution >= 4 is 32.0 Å². The van der Waals surface area contributed by atoms with Crippen LogP contribution in [0.2, 0.25) is 18.1 Å². The molecule has 0 radical (unpaired) electrons. The zero-order valence-electron chi connectivity index (χ0n) is 34.1. The number of nitrogens with one attached hydrogen (secondary N) is 1. The van der Waals surface area contributed by atoms with Crippen molar-refractivity contribution in [2.45, 2.75) is 82.0 Å². The summed E-state index contributed by atoms with van der Waals surface area (Å²) in [7, 11) is -0.790. The molecule has 0 bridgehead atoms. The molecule has 0 spiro atoms. The highest BCUT2D eigenvalue weighted by molar-refractivity contribution is 7.96. The number of H-pyrrole nitrogens is 1. The van der Waals surface area contributed by atoms with E-state index in [1.165, 1.54) is 41.0 Å². The third-order valence-electron chi connectivity index (χ3n) is 11.0. The van der Waals surface area contributed by atoms with Gasteiger partial charge < -0.3 is 22.8 Å². The zero-order chi connectivity index (χ0) is 42.5. The Bertz CT molecular complexity index is 2340. The van der Waals surface area contributed by atoms with E-state index in [2.05, 4.69) is 38.8 Å². The number of methoxy groups -OCH3 is 1. The number of nitrogens with zero attached hydrogens (tertiary/aromatic N) is 2. The van der Waals surface area contributed by atoms with Crippen molar-refractivity contribution in [2.24, 2.45) is 0 Å². The minimum absolute atomic E-state index is 0.0434. The van der Waals surface area contributed by atoms with Gasteiger partial charge in [0.2, 0.25) is 0 Å². The first-order valence-corrected chi connectivity index (χ1v) is 22.8. The number of aryl methyl sites for hydroxylation is 1. The molecule has 59 heavy (non-hydrogen) atoms. The van der Waals surface area contributed by atoms with Crippen molar-refractivity contribution in [3.8, 4) is 5.75 Å². The number of carbonyl (C=O) groups is 1. The van der Waals surface area contributed by atoms with Crippen molar-refractivity contribution in [3.63, 3.8) is 0 Å². The minimum atomic E-state index is -2.40. The molecule has 1 aliphatic heterocycles. The summed E-state index contributed by atoms with van der Waals surface area (Å²) in [6.07, 6.45) is -0.482. The second-order valence-electron chi connectivity index (χ2n) is 15.9. The molecule has 13 nitrogen and oxygen atoms in total. The van der Waals surface area contributed by atoms with Gasteiger partial charge in [0.15, 0.2) is 8.32 Å². The van der Waals surface area contributed by atoms with Gasteiger partial charge in [0.25, 0.3) is 11.2 Å². The quantitative estimate of drug-likeness (QED) is 0.0269. The summed E-state index contributed by atoms with van der Waals surface area (Å²) in [4.78, 5) is 52.7. The number of carbonyl (C=O) groups excluding carboxylic acids is 1. The molecule has 1 fully saturated rings. The van der Waals surface area contributed by atoms with E-state index < -0.39 is 53.6 Å². The van der Waals surface area contributed by atoms with E-state index in [-0.39, 0.29) is 35.9 Å². The third-order valence-corrected chi connectivity index (χ3v) is 16.7. The predicted octanol–water partition coefficient (Wildman–Crippen LogP) is 8.45. The summed E-state index contributed by atoms with van der Waals surface area (Å²) >= 11 is 1.20. The maximum atomic E-state index is 14.0. The van der Waals surface area contributed by atoms with Gasteiger partial charge in [-0.05, 0) is 65.5 Å². The second-order valence-corrected chi connectivity index (χ2v) is 21.7. The lowest BCUT2D eigenvalue weighted by molar-refractivity contribution is -0.384. The second kappa shape index (κ2) is 17.9. The molecule has 0 saturated carbocycles. The summed E-state index contributed by atoms with van der Waals surface area (Å²) < 4.78 is 31.3. The van der Waals surface area contributed by atoms with Crippen molar-refractivity contribution in [1.82, 2.24) is 9.55 Å². The smallest absolute Gasteiger partial charge is 0.338 e. The highest BCUT2D eigenvalue weighted by Gasteiger charge is 2.46. The first-order valence-electron chi connectivity index (χ1n) is 19.2. The number of non-ortho nitro benzene ring substituents is 1. The topological polar surface area (TPSA) is 161 Å². The molecular formula is C44H49N3O10SSi. The fraction of sp³-hybridized carbons (Fsp3) is 0.341. The summed E-state index contributed by atoms with van der Waals surface area (Å²) in [6, 6.07) is 31.5. The molecule has 6 rings (SSSR count). The van der Waals surface area contributed by atoms with Crippen LogP contribution in [0, 0.1) is 17.0 Å². The van der Waals surface area contributed by atoms with Crippen LogP contribution in [-0.4, -0.2) is 54.7 Å². The Morgan fingerprint density at radius 2 is 1.56 bits per heavy atom. The first-order chi connectivity index (χ1) is 28.0. The number of ether oxygens (including phenoxy) is 3. The number of esters is 1. The number of hydrogen-bond acceptors (Lipinski definition) is 11. The monoisotopic (exact) mass is 839 g/mol. The third kappa shape index (κ3) is 9.45. The molecule has 0 unspecified atom stereocenters. The molecule has 4 aromatic carbocycles. The Balaban J connectivity index is 1.28. The number of aromatic nitrogens is 2. The molecule has 2 heterocycles. The van der Waals surface area contributed by atoms with Crippen LogP contribution in [0.3, 0.4) is 0 Å². The van der Waals surface area contributed by atoms with Gasteiger partial charge >= 0.3 is 11.7 Å². The average Bonchev–Trinajstić information content (AvgIpc) is 3.61. The van der Waals surface area contributed by atoms with Crippen LogP contribution in [0.15, 0.2) is 119 Å².